The highest BCUT2D eigenvalue weighted by molar-refractivity contribution is 9.10. The Hall–Kier alpha value is -1.65. The Morgan fingerprint density at radius 2 is 1.95 bits per heavy atom. The molecule has 0 aliphatic rings. The van der Waals surface area contributed by atoms with Crippen molar-refractivity contribution < 1.29 is 4.42 Å². The van der Waals surface area contributed by atoms with Gasteiger partial charge in [-0.3, -0.25) is 0 Å². The standard InChI is InChI=1S/C15H13BrN2O/c1-17-8-14-9-19-15(18-14)12-3-2-11-7-13(16)5-4-10(11)6-12/h2-7,9,17H,8H2,1H3. The summed E-state index contributed by atoms with van der Waals surface area (Å²) in [4.78, 5) is 4.46. The van der Waals surface area contributed by atoms with Crippen molar-refractivity contribution in [3.8, 4) is 11.5 Å². The zero-order valence-corrected chi connectivity index (χ0v) is 12.1. The van der Waals surface area contributed by atoms with Crippen LogP contribution >= 0.6 is 15.9 Å². The molecule has 96 valence electrons. The summed E-state index contributed by atoms with van der Waals surface area (Å²) in [6.45, 7) is 0.712. The second-order valence-electron chi connectivity index (χ2n) is 4.38. The smallest absolute Gasteiger partial charge is 0.226 e. The third kappa shape index (κ3) is 2.55. The van der Waals surface area contributed by atoms with Crippen LogP contribution in [0.4, 0.5) is 0 Å². The second kappa shape index (κ2) is 5.15. The minimum absolute atomic E-state index is 0.662. The minimum atomic E-state index is 0.662. The van der Waals surface area contributed by atoms with E-state index in [1.54, 1.807) is 6.26 Å². The summed E-state index contributed by atoms with van der Waals surface area (Å²) in [6, 6.07) is 12.4. The molecule has 3 rings (SSSR count). The highest BCUT2D eigenvalue weighted by Crippen LogP contribution is 2.26. The van der Waals surface area contributed by atoms with Gasteiger partial charge < -0.3 is 9.73 Å². The molecule has 0 aliphatic carbocycles. The maximum atomic E-state index is 5.52. The van der Waals surface area contributed by atoms with Gasteiger partial charge in [0.1, 0.15) is 6.26 Å². The van der Waals surface area contributed by atoms with Gasteiger partial charge in [0.15, 0.2) is 0 Å². The Balaban J connectivity index is 2.02. The van der Waals surface area contributed by atoms with Gasteiger partial charge >= 0.3 is 0 Å². The molecule has 3 aromatic rings. The van der Waals surface area contributed by atoms with Crippen LogP contribution < -0.4 is 5.32 Å². The minimum Gasteiger partial charge on any atom is -0.444 e. The molecule has 0 atom stereocenters. The predicted octanol–water partition coefficient (Wildman–Crippen LogP) is 3.98. The zero-order chi connectivity index (χ0) is 13.2. The number of fused-ring (bicyclic) bond motifs is 1. The number of halogens is 1. The molecule has 19 heavy (non-hydrogen) atoms. The van der Waals surface area contributed by atoms with Crippen LogP contribution in [0.1, 0.15) is 5.69 Å². The van der Waals surface area contributed by atoms with E-state index in [-0.39, 0.29) is 0 Å². The maximum Gasteiger partial charge on any atom is 0.226 e. The van der Waals surface area contributed by atoms with Crippen LogP contribution in [0.25, 0.3) is 22.2 Å². The van der Waals surface area contributed by atoms with Gasteiger partial charge in [-0.2, -0.15) is 0 Å². The van der Waals surface area contributed by atoms with Gasteiger partial charge in [0, 0.05) is 16.6 Å². The van der Waals surface area contributed by atoms with Gasteiger partial charge in [-0.15, -0.1) is 0 Å². The lowest BCUT2D eigenvalue weighted by Crippen LogP contribution is -2.04. The summed E-state index contributed by atoms with van der Waals surface area (Å²) in [5, 5.41) is 5.43. The monoisotopic (exact) mass is 316 g/mol. The van der Waals surface area contributed by atoms with Crippen LogP contribution in [0.2, 0.25) is 0 Å². The molecule has 1 N–H and O–H groups in total. The maximum absolute atomic E-state index is 5.52. The number of nitrogens with one attached hydrogen (secondary N) is 1. The fourth-order valence-corrected chi connectivity index (χ4v) is 2.43. The molecule has 1 aromatic heterocycles. The van der Waals surface area contributed by atoms with E-state index in [4.69, 9.17) is 4.42 Å². The summed E-state index contributed by atoms with van der Waals surface area (Å²) in [5.41, 5.74) is 1.91. The fraction of sp³-hybridized carbons (Fsp3) is 0.133. The van der Waals surface area contributed by atoms with Crippen LogP contribution in [-0.4, -0.2) is 12.0 Å². The first-order valence-electron chi connectivity index (χ1n) is 6.05. The SMILES string of the molecule is CNCc1coc(-c2ccc3cc(Br)ccc3c2)n1. The van der Waals surface area contributed by atoms with Gasteiger partial charge in [0.2, 0.25) is 5.89 Å². The quantitative estimate of drug-likeness (QED) is 0.794. The normalized spacial score (nSPS) is 11.1. The lowest BCUT2D eigenvalue weighted by molar-refractivity contribution is 0.571. The molecule has 2 aromatic carbocycles. The summed E-state index contributed by atoms with van der Waals surface area (Å²) in [5.74, 6) is 0.662. The van der Waals surface area contributed by atoms with Gasteiger partial charge in [-0.1, -0.05) is 28.1 Å². The first-order chi connectivity index (χ1) is 9.26. The number of rotatable bonds is 3. The highest BCUT2D eigenvalue weighted by Gasteiger charge is 2.07. The molecule has 0 amide bonds. The lowest BCUT2D eigenvalue weighted by Gasteiger charge is -2.01. The van der Waals surface area contributed by atoms with Gasteiger partial charge in [0.25, 0.3) is 0 Å². The molecular formula is C15H13BrN2O. The van der Waals surface area contributed by atoms with Crippen LogP contribution in [0.5, 0.6) is 0 Å². The van der Waals surface area contributed by atoms with E-state index in [2.05, 4.69) is 50.5 Å². The zero-order valence-electron chi connectivity index (χ0n) is 10.5. The molecule has 0 aliphatic heterocycles. The Labute approximate surface area is 119 Å². The molecule has 0 saturated heterocycles. The predicted molar refractivity (Wildman–Crippen MR) is 79.9 cm³/mol. The number of oxazole rings is 1. The van der Waals surface area contributed by atoms with Crippen molar-refractivity contribution >= 4 is 26.7 Å². The molecule has 0 saturated carbocycles. The Bertz CT molecular complexity index is 721. The van der Waals surface area contributed by atoms with Crippen molar-refractivity contribution in [3.63, 3.8) is 0 Å². The summed E-state index contributed by atoms with van der Waals surface area (Å²) >= 11 is 3.48. The van der Waals surface area contributed by atoms with E-state index in [0.717, 1.165) is 15.7 Å². The Morgan fingerprint density at radius 1 is 1.16 bits per heavy atom. The number of benzene rings is 2. The van der Waals surface area contributed by atoms with Crippen LogP contribution in [0.3, 0.4) is 0 Å². The Morgan fingerprint density at radius 3 is 2.79 bits per heavy atom. The third-order valence-electron chi connectivity index (χ3n) is 2.96. The molecule has 0 fully saturated rings. The van der Waals surface area contributed by atoms with Crippen molar-refractivity contribution in [2.75, 3.05) is 7.05 Å². The van der Waals surface area contributed by atoms with Crippen LogP contribution in [-0.2, 0) is 6.54 Å². The molecular weight excluding hydrogens is 304 g/mol. The van der Waals surface area contributed by atoms with E-state index in [9.17, 15) is 0 Å². The van der Waals surface area contributed by atoms with E-state index < -0.39 is 0 Å². The average Bonchev–Trinajstić information content (AvgIpc) is 2.87. The van der Waals surface area contributed by atoms with Gasteiger partial charge in [-0.05, 0) is 42.1 Å². The lowest BCUT2D eigenvalue weighted by atomic mass is 10.1. The van der Waals surface area contributed by atoms with Crippen molar-refractivity contribution in [2.24, 2.45) is 0 Å². The number of hydrogen-bond acceptors (Lipinski definition) is 3. The second-order valence-corrected chi connectivity index (χ2v) is 5.30. The highest BCUT2D eigenvalue weighted by atomic mass is 79.9. The number of hydrogen-bond donors (Lipinski definition) is 1. The molecule has 0 spiro atoms. The number of nitrogens with zero attached hydrogens (tertiary/aromatic N) is 1. The first-order valence-corrected chi connectivity index (χ1v) is 6.84. The van der Waals surface area contributed by atoms with Crippen LogP contribution in [0, 0.1) is 0 Å². The van der Waals surface area contributed by atoms with Gasteiger partial charge in [-0.25, -0.2) is 4.98 Å². The summed E-state index contributed by atoms with van der Waals surface area (Å²) in [7, 11) is 1.89. The van der Waals surface area contributed by atoms with E-state index in [0.29, 0.717) is 12.4 Å². The van der Waals surface area contributed by atoms with Crippen molar-refractivity contribution in [3.05, 3.63) is 52.8 Å². The van der Waals surface area contributed by atoms with Crippen LogP contribution in [0.15, 0.2) is 51.6 Å². The molecule has 3 nitrogen and oxygen atoms in total. The molecule has 0 unspecified atom stereocenters. The van der Waals surface area contributed by atoms with Crippen molar-refractivity contribution in [2.45, 2.75) is 6.54 Å². The van der Waals surface area contributed by atoms with Gasteiger partial charge in [0.05, 0.1) is 5.69 Å². The van der Waals surface area contributed by atoms with Crippen molar-refractivity contribution in [1.29, 1.82) is 0 Å². The van der Waals surface area contributed by atoms with E-state index in [1.807, 2.05) is 19.2 Å². The topological polar surface area (TPSA) is 38.1 Å². The summed E-state index contributed by atoms with van der Waals surface area (Å²) < 4.78 is 6.60. The Kier molecular flexibility index (Phi) is 3.36. The molecule has 0 bridgehead atoms. The largest absolute Gasteiger partial charge is 0.444 e. The number of aromatic nitrogens is 1. The van der Waals surface area contributed by atoms with E-state index >= 15 is 0 Å². The van der Waals surface area contributed by atoms with Crippen molar-refractivity contribution in [1.82, 2.24) is 10.3 Å². The fourth-order valence-electron chi connectivity index (χ4n) is 2.05. The molecule has 1 heterocycles. The molecule has 0 radical (unpaired) electrons. The summed E-state index contributed by atoms with van der Waals surface area (Å²) in [6.07, 6.45) is 1.69. The third-order valence-corrected chi connectivity index (χ3v) is 3.45. The average molecular weight is 317 g/mol. The molecule has 4 heteroatoms. The first kappa shape index (κ1) is 12.4. The van der Waals surface area contributed by atoms with E-state index in [1.165, 1.54) is 10.8 Å².